The van der Waals surface area contributed by atoms with Gasteiger partial charge in [0, 0.05) is 17.0 Å². The van der Waals surface area contributed by atoms with Crippen molar-refractivity contribution in [3.8, 4) is 0 Å². The smallest absolute Gasteiger partial charge is 0.275 e. The number of hydrogen-bond acceptors (Lipinski definition) is 4. The molecule has 3 aromatic rings. The second-order valence-electron chi connectivity index (χ2n) is 7.37. The zero-order valence-corrected chi connectivity index (χ0v) is 16.1. The Morgan fingerprint density at radius 2 is 1.86 bits per heavy atom. The molecular weight excluding hydrogens is 368 g/mol. The normalized spacial score (nSPS) is 14.4. The van der Waals surface area contributed by atoms with Crippen molar-refractivity contribution in [3.63, 3.8) is 0 Å². The molecule has 1 aliphatic rings. The molecule has 1 unspecified atom stereocenters. The molecule has 0 radical (unpaired) electrons. The van der Waals surface area contributed by atoms with Gasteiger partial charge in [-0.3, -0.25) is 14.4 Å². The van der Waals surface area contributed by atoms with E-state index in [4.69, 9.17) is 0 Å². The summed E-state index contributed by atoms with van der Waals surface area (Å²) < 4.78 is 1.17. The van der Waals surface area contributed by atoms with Gasteiger partial charge in [-0.1, -0.05) is 30.3 Å². The molecule has 0 saturated heterocycles. The second-order valence-corrected chi connectivity index (χ2v) is 7.37. The molecule has 4 rings (SSSR count). The van der Waals surface area contributed by atoms with Crippen molar-refractivity contribution < 1.29 is 9.59 Å². The minimum Gasteiger partial charge on any atom is -0.348 e. The largest absolute Gasteiger partial charge is 0.348 e. The summed E-state index contributed by atoms with van der Waals surface area (Å²) in [7, 11) is 0. The molecule has 1 aliphatic carbocycles. The molecule has 0 bridgehead atoms. The SMILES string of the molecule is CC(NC(=O)Cn1ncc2ccccc2c1=O)c1ccc(NC(=O)C2CC2)cc1. The van der Waals surface area contributed by atoms with E-state index >= 15 is 0 Å². The number of anilines is 1. The minimum absolute atomic E-state index is 0.0624. The van der Waals surface area contributed by atoms with E-state index in [2.05, 4.69) is 15.7 Å². The van der Waals surface area contributed by atoms with E-state index < -0.39 is 0 Å². The molecule has 7 nitrogen and oxygen atoms in total. The van der Waals surface area contributed by atoms with E-state index in [0.29, 0.717) is 5.39 Å². The molecule has 29 heavy (non-hydrogen) atoms. The second kappa shape index (κ2) is 7.87. The molecule has 0 aliphatic heterocycles. The Hall–Kier alpha value is -3.48. The van der Waals surface area contributed by atoms with Crippen LogP contribution in [0, 0.1) is 5.92 Å². The molecule has 148 valence electrons. The van der Waals surface area contributed by atoms with Crippen molar-refractivity contribution in [2.24, 2.45) is 5.92 Å². The summed E-state index contributed by atoms with van der Waals surface area (Å²) in [5.41, 5.74) is 1.36. The van der Waals surface area contributed by atoms with Crippen LogP contribution in [0.5, 0.6) is 0 Å². The van der Waals surface area contributed by atoms with Crippen molar-refractivity contribution >= 4 is 28.3 Å². The predicted octanol–water partition coefficient (Wildman–Crippen LogP) is 2.62. The molecule has 2 aromatic carbocycles. The third kappa shape index (κ3) is 4.34. The number of amides is 2. The van der Waals surface area contributed by atoms with Crippen molar-refractivity contribution in [2.75, 3.05) is 5.32 Å². The van der Waals surface area contributed by atoms with Gasteiger partial charge in [-0.15, -0.1) is 0 Å². The number of carbonyl (C=O) groups is 2. The molecule has 7 heteroatoms. The van der Waals surface area contributed by atoms with Crippen molar-refractivity contribution in [1.82, 2.24) is 15.1 Å². The first-order chi connectivity index (χ1) is 14.0. The lowest BCUT2D eigenvalue weighted by Crippen LogP contribution is -2.34. The fourth-order valence-electron chi connectivity index (χ4n) is 3.19. The lowest BCUT2D eigenvalue weighted by atomic mass is 10.1. The van der Waals surface area contributed by atoms with Crippen LogP contribution in [0.3, 0.4) is 0 Å². The van der Waals surface area contributed by atoms with E-state index in [-0.39, 0.29) is 35.9 Å². The van der Waals surface area contributed by atoms with Gasteiger partial charge in [-0.25, -0.2) is 4.68 Å². The van der Waals surface area contributed by atoms with Crippen LogP contribution in [-0.4, -0.2) is 21.6 Å². The van der Waals surface area contributed by atoms with E-state index in [9.17, 15) is 14.4 Å². The van der Waals surface area contributed by atoms with Crippen LogP contribution in [0.2, 0.25) is 0 Å². The van der Waals surface area contributed by atoms with Gasteiger partial charge in [0.1, 0.15) is 6.54 Å². The van der Waals surface area contributed by atoms with Gasteiger partial charge in [-0.2, -0.15) is 5.10 Å². The summed E-state index contributed by atoms with van der Waals surface area (Å²) in [6, 6.07) is 14.3. The highest BCUT2D eigenvalue weighted by molar-refractivity contribution is 5.94. The molecule has 0 spiro atoms. The standard InChI is InChI=1S/C22H22N4O3/c1-14(15-8-10-18(11-9-15)25-21(28)16-6-7-16)24-20(27)13-26-22(29)19-5-3-2-4-17(19)12-23-26/h2-5,8-12,14,16H,6-7,13H2,1H3,(H,24,27)(H,25,28). The number of benzene rings is 2. The first kappa shape index (κ1) is 18.9. The Morgan fingerprint density at radius 1 is 1.14 bits per heavy atom. The quantitative estimate of drug-likeness (QED) is 0.677. The topological polar surface area (TPSA) is 93.1 Å². The van der Waals surface area contributed by atoms with Crippen LogP contribution < -0.4 is 16.2 Å². The Bertz CT molecular complexity index is 1120. The van der Waals surface area contributed by atoms with Gasteiger partial charge in [0.25, 0.3) is 5.56 Å². The summed E-state index contributed by atoms with van der Waals surface area (Å²) in [5.74, 6) is -0.0825. The summed E-state index contributed by atoms with van der Waals surface area (Å²) in [5, 5.41) is 11.1. The van der Waals surface area contributed by atoms with E-state index in [1.54, 1.807) is 18.3 Å². The van der Waals surface area contributed by atoms with Gasteiger partial charge in [0.05, 0.1) is 17.6 Å². The maximum Gasteiger partial charge on any atom is 0.275 e. The summed E-state index contributed by atoms with van der Waals surface area (Å²) >= 11 is 0. The van der Waals surface area contributed by atoms with Crippen LogP contribution in [0.4, 0.5) is 5.69 Å². The van der Waals surface area contributed by atoms with Gasteiger partial charge < -0.3 is 10.6 Å². The highest BCUT2D eigenvalue weighted by Gasteiger charge is 2.29. The highest BCUT2D eigenvalue weighted by atomic mass is 16.2. The number of carbonyl (C=O) groups excluding carboxylic acids is 2. The van der Waals surface area contributed by atoms with E-state index in [1.807, 2.05) is 43.3 Å². The minimum atomic E-state index is -0.298. The molecule has 1 aromatic heterocycles. The van der Waals surface area contributed by atoms with Gasteiger partial charge >= 0.3 is 0 Å². The zero-order chi connectivity index (χ0) is 20.4. The molecule has 2 N–H and O–H groups in total. The number of rotatable bonds is 6. The monoisotopic (exact) mass is 390 g/mol. The maximum absolute atomic E-state index is 12.5. The average Bonchev–Trinajstić information content (AvgIpc) is 3.56. The van der Waals surface area contributed by atoms with Crippen molar-refractivity contribution in [3.05, 3.63) is 70.6 Å². The lowest BCUT2D eigenvalue weighted by molar-refractivity contribution is -0.122. The van der Waals surface area contributed by atoms with E-state index in [1.165, 1.54) is 4.68 Å². The number of hydrogen-bond donors (Lipinski definition) is 2. The Labute approximate surface area is 167 Å². The predicted molar refractivity (Wildman–Crippen MR) is 110 cm³/mol. The molecule has 2 amide bonds. The van der Waals surface area contributed by atoms with Crippen LogP contribution in [-0.2, 0) is 16.1 Å². The van der Waals surface area contributed by atoms with Crippen LogP contribution >= 0.6 is 0 Å². The number of aromatic nitrogens is 2. The van der Waals surface area contributed by atoms with E-state index in [0.717, 1.165) is 29.5 Å². The molecule has 1 atom stereocenters. The molecular formula is C22H22N4O3. The van der Waals surface area contributed by atoms with Crippen LogP contribution in [0.1, 0.15) is 31.4 Å². The van der Waals surface area contributed by atoms with Gasteiger partial charge in [-0.05, 0) is 43.5 Å². The van der Waals surface area contributed by atoms with Crippen molar-refractivity contribution in [2.45, 2.75) is 32.4 Å². The summed E-state index contributed by atoms with van der Waals surface area (Å²) in [6.07, 6.45) is 3.51. The molecule has 1 saturated carbocycles. The maximum atomic E-state index is 12.5. The molecule has 1 fully saturated rings. The van der Waals surface area contributed by atoms with Crippen LogP contribution in [0.25, 0.3) is 10.8 Å². The van der Waals surface area contributed by atoms with Crippen LogP contribution in [0.15, 0.2) is 59.5 Å². The number of nitrogens with one attached hydrogen (secondary N) is 2. The Morgan fingerprint density at radius 3 is 2.59 bits per heavy atom. The van der Waals surface area contributed by atoms with Crippen molar-refractivity contribution in [1.29, 1.82) is 0 Å². The Kier molecular flexibility index (Phi) is 5.12. The summed E-state index contributed by atoms with van der Waals surface area (Å²) in [6.45, 7) is 1.72. The number of fused-ring (bicyclic) bond motifs is 1. The van der Waals surface area contributed by atoms with Gasteiger partial charge in [0.15, 0.2) is 0 Å². The average molecular weight is 390 g/mol. The fourth-order valence-corrected chi connectivity index (χ4v) is 3.19. The summed E-state index contributed by atoms with van der Waals surface area (Å²) in [4.78, 5) is 36.7. The highest BCUT2D eigenvalue weighted by Crippen LogP contribution is 2.30. The fraction of sp³-hybridized carbons (Fsp3) is 0.273. The zero-order valence-electron chi connectivity index (χ0n) is 16.1. The Balaban J connectivity index is 1.38. The number of nitrogens with zero attached hydrogens (tertiary/aromatic N) is 2. The third-order valence-electron chi connectivity index (χ3n) is 5.06. The first-order valence-corrected chi connectivity index (χ1v) is 9.66. The molecule has 1 heterocycles. The third-order valence-corrected chi connectivity index (χ3v) is 5.06. The lowest BCUT2D eigenvalue weighted by Gasteiger charge is -2.15. The first-order valence-electron chi connectivity index (χ1n) is 9.66. The van der Waals surface area contributed by atoms with Gasteiger partial charge in [0.2, 0.25) is 11.8 Å².